The number of piperazine rings is 1. The van der Waals surface area contributed by atoms with Gasteiger partial charge in [0.15, 0.2) is 12.2 Å². The van der Waals surface area contributed by atoms with Gasteiger partial charge in [0.25, 0.3) is 10.9 Å². The largest absolute Gasteiger partial charge is 0.379 e. The summed E-state index contributed by atoms with van der Waals surface area (Å²) in [4.78, 5) is 59.8. The van der Waals surface area contributed by atoms with Gasteiger partial charge in [0.1, 0.15) is 29.1 Å². The zero-order valence-corrected chi connectivity index (χ0v) is 23.4. The summed E-state index contributed by atoms with van der Waals surface area (Å²) in [5, 5.41) is 12.2. The number of imidazole rings is 1. The van der Waals surface area contributed by atoms with Crippen LogP contribution in [0.25, 0.3) is 0 Å². The maximum absolute atomic E-state index is 12.2. The standard InChI is InChI=1S/C26H38N10O5/c1-28-26(27)33-25-18(15-37)32-16-36(25)20-6-5-17(41-20)14-31-22-21(23(39)24(22)40)30-9-11-34(2)10-3-4-19(38)35-12-7-29-8-13-35/h3-4,15-17,20,29-31H,5-14H2,1-2H3,(H3,27,28,33)/b4-3+. The zero-order valence-electron chi connectivity index (χ0n) is 23.4. The molecule has 41 heavy (non-hydrogen) atoms. The Morgan fingerprint density at radius 3 is 2.68 bits per heavy atom. The Morgan fingerprint density at radius 2 is 1.98 bits per heavy atom. The molecule has 1 aromatic heterocycles. The molecule has 2 aliphatic heterocycles. The molecular formula is C26H38N10O5. The molecule has 2 saturated heterocycles. The van der Waals surface area contributed by atoms with Crippen molar-refractivity contribution in [2.24, 2.45) is 10.7 Å². The summed E-state index contributed by atoms with van der Waals surface area (Å²) in [7, 11) is 3.44. The number of aldehydes is 1. The predicted molar refractivity (Wildman–Crippen MR) is 156 cm³/mol. The van der Waals surface area contributed by atoms with E-state index in [9.17, 15) is 19.2 Å². The van der Waals surface area contributed by atoms with E-state index in [-0.39, 0.29) is 35.0 Å². The molecule has 0 radical (unpaired) electrons. The minimum Gasteiger partial charge on any atom is -0.379 e. The second-order valence-electron chi connectivity index (χ2n) is 9.98. The van der Waals surface area contributed by atoms with Gasteiger partial charge in [-0.15, -0.1) is 0 Å². The fourth-order valence-corrected chi connectivity index (χ4v) is 4.76. The highest BCUT2D eigenvalue weighted by Crippen LogP contribution is 2.32. The number of amides is 1. The van der Waals surface area contributed by atoms with Crippen LogP contribution in [0, 0.1) is 0 Å². The van der Waals surface area contributed by atoms with Crippen molar-refractivity contribution < 1.29 is 14.3 Å². The average molecular weight is 571 g/mol. The topological polar surface area (TPSA) is 188 Å². The third-order valence-corrected chi connectivity index (χ3v) is 7.13. The van der Waals surface area contributed by atoms with Crippen molar-refractivity contribution in [3.63, 3.8) is 0 Å². The molecule has 15 heteroatoms. The predicted octanol–water partition coefficient (Wildman–Crippen LogP) is -1.23. The monoisotopic (exact) mass is 570 g/mol. The molecule has 6 N–H and O–H groups in total. The van der Waals surface area contributed by atoms with Crippen LogP contribution >= 0.6 is 0 Å². The van der Waals surface area contributed by atoms with Crippen molar-refractivity contribution in [1.82, 2.24) is 24.7 Å². The van der Waals surface area contributed by atoms with Crippen LogP contribution < -0.4 is 37.9 Å². The molecule has 0 aliphatic carbocycles. The van der Waals surface area contributed by atoms with Gasteiger partial charge in [-0.2, -0.15) is 0 Å². The Kier molecular flexibility index (Phi) is 10.2. The first-order chi connectivity index (χ1) is 19.8. The van der Waals surface area contributed by atoms with Crippen molar-refractivity contribution in [1.29, 1.82) is 0 Å². The fourth-order valence-electron chi connectivity index (χ4n) is 4.76. The number of guanidine groups is 1. The molecule has 4 rings (SSSR count). The number of aromatic nitrogens is 2. The normalized spacial score (nSPS) is 19.8. The fraction of sp³-hybridized carbons (Fsp3) is 0.538. The van der Waals surface area contributed by atoms with Crippen LogP contribution in [-0.4, -0.2) is 110 Å². The number of hydrogen-bond donors (Lipinski definition) is 5. The van der Waals surface area contributed by atoms with Crippen molar-refractivity contribution in [3.05, 3.63) is 44.6 Å². The summed E-state index contributed by atoms with van der Waals surface area (Å²) in [5.74, 6) is 0.538. The summed E-state index contributed by atoms with van der Waals surface area (Å²) in [5.41, 5.74) is 5.38. The van der Waals surface area contributed by atoms with Crippen molar-refractivity contribution in [3.8, 4) is 0 Å². The van der Waals surface area contributed by atoms with Crippen LogP contribution in [0.3, 0.4) is 0 Å². The molecule has 0 spiro atoms. The van der Waals surface area contributed by atoms with Gasteiger partial charge in [-0.05, 0) is 19.9 Å². The molecule has 3 heterocycles. The third kappa shape index (κ3) is 7.36. The van der Waals surface area contributed by atoms with E-state index in [0.29, 0.717) is 64.2 Å². The van der Waals surface area contributed by atoms with Crippen molar-refractivity contribution in [2.75, 3.05) is 82.4 Å². The smallest absolute Gasteiger partial charge is 0.253 e. The molecule has 0 saturated carbocycles. The quantitative estimate of drug-likeness (QED) is 0.0635. The highest BCUT2D eigenvalue weighted by molar-refractivity contribution is 5.95. The minimum absolute atomic E-state index is 0.0125. The highest BCUT2D eigenvalue weighted by atomic mass is 16.5. The average Bonchev–Trinajstić information content (AvgIpc) is 3.62. The van der Waals surface area contributed by atoms with E-state index in [1.165, 1.54) is 13.4 Å². The first kappa shape index (κ1) is 29.9. The molecule has 1 amide bonds. The Bertz CT molecular complexity index is 1340. The number of anilines is 3. The SMILES string of the molecule is CN=C(N)Nc1c(C=O)ncn1C1CCC(CNc2c(NCCN(C)C/C=C/C(=O)N3CCNCC3)c(=O)c2=O)O1. The molecule has 2 unspecified atom stereocenters. The van der Waals surface area contributed by atoms with Gasteiger partial charge in [0.2, 0.25) is 5.91 Å². The van der Waals surface area contributed by atoms with Crippen molar-refractivity contribution in [2.45, 2.75) is 25.2 Å². The van der Waals surface area contributed by atoms with E-state index >= 15 is 0 Å². The molecular weight excluding hydrogens is 532 g/mol. The molecule has 15 nitrogen and oxygen atoms in total. The maximum atomic E-state index is 12.2. The first-order valence-corrected chi connectivity index (χ1v) is 13.6. The van der Waals surface area contributed by atoms with Crippen LogP contribution in [0.5, 0.6) is 0 Å². The molecule has 2 aliphatic rings. The van der Waals surface area contributed by atoms with Crippen LogP contribution in [0.4, 0.5) is 17.2 Å². The van der Waals surface area contributed by atoms with Crippen LogP contribution in [0.1, 0.15) is 29.6 Å². The number of carbonyl (C=O) groups is 2. The number of aliphatic imine (C=N–C) groups is 1. The molecule has 222 valence electrons. The number of ether oxygens (including phenoxy) is 1. The second kappa shape index (κ2) is 14.0. The van der Waals surface area contributed by atoms with Gasteiger partial charge in [-0.25, -0.2) is 4.98 Å². The lowest BCUT2D eigenvalue weighted by Gasteiger charge is -2.26. The van der Waals surface area contributed by atoms with E-state index in [4.69, 9.17) is 10.5 Å². The first-order valence-electron chi connectivity index (χ1n) is 13.6. The summed E-state index contributed by atoms with van der Waals surface area (Å²) in [6.45, 7) is 5.02. The Labute approximate surface area is 237 Å². The summed E-state index contributed by atoms with van der Waals surface area (Å²) < 4.78 is 7.82. The van der Waals surface area contributed by atoms with Gasteiger partial charge >= 0.3 is 0 Å². The minimum atomic E-state index is -0.559. The van der Waals surface area contributed by atoms with Gasteiger partial charge in [0, 0.05) is 65.5 Å². The lowest BCUT2D eigenvalue weighted by Crippen LogP contribution is -2.45. The van der Waals surface area contributed by atoms with E-state index in [1.54, 1.807) is 10.6 Å². The van der Waals surface area contributed by atoms with Gasteiger partial charge in [-0.1, -0.05) is 6.08 Å². The number of likely N-dealkylation sites (N-methyl/N-ethyl adjacent to an activating group) is 1. The zero-order chi connectivity index (χ0) is 29.4. The number of carbonyl (C=O) groups excluding carboxylic acids is 2. The second-order valence-corrected chi connectivity index (χ2v) is 9.98. The maximum Gasteiger partial charge on any atom is 0.253 e. The molecule has 2 fully saturated rings. The van der Waals surface area contributed by atoms with Gasteiger partial charge in [0.05, 0.1) is 12.4 Å². The third-order valence-electron chi connectivity index (χ3n) is 7.13. The molecule has 2 atom stereocenters. The lowest BCUT2D eigenvalue weighted by molar-refractivity contribution is -0.126. The number of hydrogen-bond acceptors (Lipinski definition) is 11. The van der Waals surface area contributed by atoms with Crippen molar-refractivity contribution >= 4 is 35.3 Å². The highest BCUT2D eigenvalue weighted by Gasteiger charge is 2.30. The molecule has 0 bridgehead atoms. The van der Waals surface area contributed by atoms with E-state index < -0.39 is 17.1 Å². The summed E-state index contributed by atoms with van der Waals surface area (Å²) in [6, 6.07) is 0. The number of nitrogens with two attached hydrogens (primary N) is 1. The van der Waals surface area contributed by atoms with Crippen LogP contribution in [0.15, 0.2) is 33.1 Å². The number of nitrogens with one attached hydrogen (secondary N) is 4. The summed E-state index contributed by atoms with van der Waals surface area (Å²) in [6.07, 6.45) is 6.28. The Hall–Kier alpha value is -4.08. The molecule has 1 aromatic carbocycles. The van der Waals surface area contributed by atoms with Crippen LogP contribution in [0.2, 0.25) is 0 Å². The molecule has 2 aromatic rings. The summed E-state index contributed by atoms with van der Waals surface area (Å²) >= 11 is 0. The van der Waals surface area contributed by atoms with Gasteiger partial charge in [-0.3, -0.25) is 28.7 Å². The van der Waals surface area contributed by atoms with Gasteiger partial charge < -0.3 is 41.5 Å². The van der Waals surface area contributed by atoms with E-state index in [2.05, 4.69) is 31.2 Å². The Balaban J connectivity index is 1.22. The number of nitrogens with zero attached hydrogens (tertiary/aromatic N) is 5. The van der Waals surface area contributed by atoms with E-state index in [0.717, 1.165) is 13.1 Å². The van der Waals surface area contributed by atoms with Crippen LogP contribution in [-0.2, 0) is 9.53 Å². The number of rotatable bonds is 13. The van der Waals surface area contributed by atoms with E-state index in [1.807, 2.05) is 22.9 Å². The Morgan fingerprint density at radius 1 is 1.24 bits per heavy atom. The lowest BCUT2D eigenvalue weighted by atomic mass is 10.1.